The van der Waals surface area contributed by atoms with Crippen LogP contribution in [0.3, 0.4) is 0 Å². The van der Waals surface area contributed by atoms with Crippen molar-refractivity contribution in [1.82, 2.24) is 0 Å². The summed E-state index contributed by atoms with van der Waals surface area (Å²) in [4.78, 5) is 20.7. The molecule has 0 aromatic heterocycles. The van der Waals surface area contributed by atoms with E-state index in [2.05, 4.69) is 45.2 Å². The normalized spacial score (nSPS) is 8.56. The summed E-state index contributed by atoms with van der Waals surface area (Å²) in [7, 11) is -0.861. The smallest absolute Gasteiger partial charge is 0.0951 e. The Balaban J connectivity index is 0. The maximum absolute atomic E-state index is 9.02. The van der Waals surface area contributed by atoms with Crippen molar-refractivity contribution in [1.29, 1.82) is 0 Å². The third-order valence-corrected chi connectivity index (χ3v) is 1.13. The molecule has 0 bridgehead atoms. The molecule has 0 aliphatic rings. The van der Waals surface area contributed by atoms with E-state index in [9.17, 15) is 0 Å². The Morgan fingerprint density at radius 2 is 1.44 bits per heavy atom. The first kappa shape index (κ1) is 17.6. The first-order chi connectivity index (χ1) is 7.31. The molecule has 0 N–H and O–H groups in total. The van der Waals surface area contributed by atoms with E-state index in [0.717, 1.165) is 0 Å². The second-order valence-electron chi connectivity index (χ2n) is 4.26. The van der Waals surface area contributed by atoms with Crippen LogP contribution in [0.4, 0.5) is 0 Å². The second kappa shape index (κ2) is 10.8. The third kappa shape index (κ3) is 29.2. The molecule has 16 heavy (non-hydrogen) atoms. The van der Waals surface area contributed by atoms with Gasteiger partial charge in [0.25, 0.3) is 0 Å². The largest absolute Gasteiger partial charge is 0.342 e. The summed E-state index contributed by atoms with van der Waals surface area (Å²) in [5.41, 5.74) is 1.34. The molecule has 0 unspecified atom stereocenters. The zero-order chi connectivity index (χ0) is 13.0. The van der Waals surface area contributed by atoms with Crippen molar-refractivity contribution in [2.75, 3.05) is 0 Å². The molecule has 1 aromatic carbocycles. The molecule has 92 valence electrons. The van der Waals surface area contributed by atoms with Gasteiger partial charge in [-0.15, -0.1) is 8.07 Å². The summed E-state index contributed by atoms with van der Waals surface area (Å²) in [6.07, 6.45) is 0. The first-order valence-electron chi connectivity index (χ1n) is 4.69. The number of hydrogen-bond donors (Lipinski definition) is 0. The predicted octanol–water partition coefficient (Wildman–Crippen LogP) is 2.62. The van der Waals surface area contributed by atoms with Crippen LogP contribution in [-0.4, -0.2) is 17.6 Å². The van der Waals surface area contributed by atoms with Crippen LogP contribution in [0.1, 0.15) is 5.56 Å². The zero-order valence-corrected chi connectivity index (χ0v) is 12.3. The molecule has 1 aromatic rings. The van der Waals surface area contributed by atoms with E-state index in [1.807, 2.05) is 12.1 Å². The molecule has 0 spiro atoms. The van der Waals surface area contributed by atoms with Gasteiger partial charge in [0.1, 0.15) is 0 Å². The predicted molar refractivity (Wildman–Crippen MR) is 66.9 cm³/mol. The van der Waals surface area contributed by atoms with Gasteiger partial charge in [-0.25, -0.2) is 12.1 Å². The standard InChI is InChI=1S/C6H7.C4H11Si.2CO.Fe/c1-6-4-2-3-5-6;1-5(2,3)4;2*1-2;/h2-5H,1H3;1H2,2-4H3;;;/q2*-1;;;. The Hall–Kier alpha value is -0.754. The molecule has 0 saturated carbocycles. The fraction of sp³-hybridized carbons (Fsp3) is 0.333. The Morgan fingerprint density at radius 1 is 1.12 bits per heavy atom. The van der Waals surface area contributed by atoms with Gasteiger partial charge in [-0.2, -0.15) is 17.7 Å². The first-order valence-corrected chi connectivity index (χ1v) is 9.50. The molecule has 4 heteroatoms. The van der Waals surface area contributed by atoms with Crippen LogP contribution in [0.25, 0.3) is 0 Å². The molecule has 0 atom stereocenters. The fourth-order valence-electron chi connectivity index (χ4n) is 0.485. The average Bonchev–Trinajstić information content (AvgIpc) is 2.55. The van der Waals surface area contributed by atoms with Gasteiger partial charge in [0.05, 0.1) is 0 Å². The van der Waals surface area contributed by atoms with Gasteiger partial charge < -0.3 is 6.55 Å². The van der Waals surface area contributed by atoms with Crippen LogP contribution in [0, 0.1) is 13.5 Å². The van der Waals surface area contributed by atoms with E-state index in [4.69, 9.17) is 9.59 Å². The van der Waals surface area contributed by atoms with E-state index < -0.39 is 8.07 Å². The number of aryl methyl sites for hydroxylation is 1. The van der Waals surface area contributed by atoms with Crippen LogP contribution >= 0.6 is 0 Å². The summed E-state index contributed by atoms with van der Waals surface area (Å²) >= 11 is -0.222. The zero-order valence-electron chi connectivity index (χ0n) is 10.2. The molecular formula is C12H18FeO2Si-2. The van der Waals surface area contributed by atoms with Gasteiger partial charge in [-0.05, 0) is 0 Å². The van der Waals surface area contributed by atoms with Crippen molar-refractivity contribution < 1.29 is 23.7 Å². The van der Waals surface area contributed by atoms with Gasteiger partial charge >= 0.3 is 33.2 Å². The van der Waals surface area contributed by atoms with E-state index in [0.29, 0.717) is 0 Å². The van der Waals surface area contributed by atoms with Gasteiger partial charge in [-0.3, -0.25) is 0 Å². The molecule has 0 amide bonds. The van der Waals surface area contributed by atoms with Crippen LogP contribution in [0.5, 0.6) is 0 Å². The molecule has 0 saturated heterocycles. The second-order valence-corrected chi connectivity index (χ2v) is 10.1. The third-order valence-electron chi connectivity index (χ3n) is 0.902. The van der Waals surface area contributed by atoms with Gasteiger partial charge in [-0.1, -0.05) is 26.6 Å². The average molecular weight is 278 g/mol. The van der Waals surface area contributed by atoms with E-state index >= 15 is 0 Å². The van der Waals surface area contributed by atoms with E-state index in [1.165, 1.54) is 15.1 Å². The summed E-state index contributed by atoms with van der Waals surface area (Å²) in [5, 5.41) is 0. The summed E-state index contributed by atoms with van der Waals surface area (Å²) < 4.78 is 0. The Morgan fingerprint density at radius 3 is 1.50 bits per heavy atom. The molecule has 0 heterocycles. The number of hydrogen-bond acceptors (Lipinski definition) is 2. The van der Waals surface area contributed by atoms with Crippen molar-refractivity contribution in [3.05, 3.63) is 36.4 Å². The monoisotopic (exact) mass is 278 g/mol. The summed E-state index contributed by atoms with van der Waals surface area (Å²) in [6, 6.07) is 8.24. The molecule has 1 rings (SSSR count). The Kier molecular flexibility index (Phi) is 11.9. The molecule has 0 aliphatic carbocycles. The minimum Gasteiger partial charge on any atom is -0.342 e. The van der Waals surface area contributed by atoms with Crippen molar-refractivity contribution in [3.8, 4) is 0 Å². The summed E-state index contributed by atoms with van der Waals surface area (Å²) in [5.74, 6) is 0. The molecule has 0 radical (unpaired) electrons. The minimum atomic E-state index is -0.861. The van der Waals surface area contributed by atoms with E-state index in [-0.39, 0.29) is 14.1 Å². The van der Waals surface area contributed by atoms with Gasteiger partial charge in [0.2, 0.25) is 0 Å². The number of rotatable bonds is 0. The minimum absolute atomic E-state index is 0.222. The maximum atomic E-state index is 9.02. The quantitative estimate of drug-likeness (QED) is 0.540. The van der Waals surface area contributed by atoms with Crippen molar-refractivity contribution >= 4 is 17.6 Å². The maximum Gasteiger partial charge on any atom is -0.0951 e. The Bertz CT molecular complexity index is 342. The molecule has 2 nitrogen and oxygen atoms in total. The van der Waals surface area contributed by atoms with Crippen LogP contribution in [0.2, 0.25) is 19.6 Å². The Labute approximate surface area is 104 Å². The van der Waals surface area contributed by atoms with Crippen LogP contribution in [-0.2, 0) is 23.7 Å². The summed E-state index contributed by atoms with van der Waals surface area (Å²) in [6.45, 7) is 12.6. The SMILES string of the molecule is C[c-]1cccc1.O=[C]=[Fe]=[C]=O.[CH2-][Si](C)(C)C. The molecule has 0 aliphatic heterocycles. The fourth-order valence-corrected chi connectivity index (χ4v) is 0.531. The van der Waals surface area contributed by atoms with Crippen molar-refractivity contribution in [2.45, 2.75) is 26.6 Å². The van der Waals surface area contributed by atoms with E-state index in [1.54, 1.807) is 0 Å². The van der Waals surface area contributed by atoms with Crippen LogP contribution < -0.4 is 0 Å². The van der Waals surface area contributed by atoms with Crippen molar-refractivity contribution in [2.24, 2.45) is 0 Å². The van der Waals surface area contributed by atoms with Crippen LogP contribution in [0.15, 0.2) is 24.3 Å². The molecular weight excluding hydrogens is 260 g/mol. The topological polar surface area (TPSA) is 34.1 Å². The van der Waals surface area contributed by atoms with Gasteiger partial charge in [0, 0.05) is 0 Å². The van der Waals surface area contributed by atoms with Crippen molar-refractivity contribution in [3.63, 3.8) is 0 Å². The number of carbonyl (C=O) groups excluding carboxylic acids is 2. The van der Waals surface area contributed by atoms with Gasteiger partial charge in [0.15, 0.2) is 0 Å². The molecule has 0 fully saturated rings.